The van der Waals surface area contributed by atoms with Gasteiger partial charge >= 0.3 is 5.97 Å². The topological polar surface area (TPSA) is 59.0 Å². The molecule has 1 heterocycles. The van der Waals surface area contributed by atoms with Crippen LogP contribution in [0, 0.1) is 6.92 Å². The van der Waals surface area contributed by atoms with Crippen LogP contribution >= 0.6 is 0 Å². The number of ether oxygens (including phenoxy) is 2. The number of hydrogen-bond donors (Lipinski definition) is 1. The average molecular weight is 265 g/mol. The van der Waals surface area contributed by atoms with Crippen LogP contribution in [0.4, 0.5) is 0 Å². The average Bonchev–Trinajstić information content (AvgIpc) is 2.41. The molecule has 1 aromatic carbocycles. The van der Waals surface area contributed by atoms with E-state index in [1.165, 1.54) is 5.56 Å². The summed E-state index contributed by atoms with van der Waals surface area (Å²) in [6.45, 7) is 4.55. The zero-order valence-electron chi connectivity index (χ0n) is 11.0. The van der Waals surface area contributed by atoms with Crippen LogP contribution in [0.25, 0.3) is 0 Å². The number of carbonyl (C=O) groups is 1. The second-order valence-corrected chi connectivity index (χ2v) is 4.63. The van der Waals surface area contributed by atoms with E-state index in [2.05, 4.69) is 0 Å². The minimum atomic E-state index is -0.838. The molecule has 0 bridgehead atoms. The first-order valence-electron chi connectivity index (χ1n) is 6.41. The first kappa shape index (κ1) is 13.8. The van der Waals surface area contributed by atoms with Crippen molar-refractivity contribution in [2.24, 2.45) is 0 Å². The van der Waals surface area contributed by atoms with Gasteiger partial charge in [0.25, 0.3) is 0 Å². The maximum atomic E-state index is 11.1. The van der Waals surface area contributed by atoms with Crippen LogP contribution in [-0.4, -0.2) is 54.9 Å². The number of carboxylic acids is 1. The number of rotatable bonds is 5. The van der Waals surface area contributed by atoms with Crippen molar-refractivity contribution in [3.05, 3.63) is 29.8 Å². The molecule has 0 aromatic heterocycles. The lowest BCUT2D eigenvalue weighted by Gasteiger charge is -2.32. The quantitative estimate of drug-likeness (QED) is 0.865. The smallest absolute Gasteiger partial charge is 0.323 e. The summed E-state index contributed by atoms with van der Waals surface area (Å²) in [5.74, 6) is -0.0271. The van der Waals surface area contributed by atoms with E-state index in [0.717, 1.165) is 5.75 Å². The molecule has 0 aliphatic carbocycles. The molecule has 1 aliphatic heterocycles. The van der Waals surface area contributed by atoms with E-state index in [0.29, 0.717) is 26.3 Å². The molecule has 19 heavy (non-hydrogen) atoms. The third-order valence-electron chi connectivity index (χ3n) is 3.19. The molecular weight excluding hydrogens is 246 g/mol. The Balaban J connectivity index is 1.80. The van der Waals surface area contributed by atoms with Crippen molar-refractivity contribution >= 4 is 5.97 Å². The minimum Gasteiger partial charge on any atom is -0.492 e. The highest BCUT2D eigenvalue weighted by atomic mass is 16.5. The predicted octanol–water partition coefficient (Wildman–Crippen LogP) is 1.16. The summed E-state index contributed by atoms with van der Waals surface area (Å²) in [6, 6.07) is 7.26. The Labute approximate surface area is 112 Å². The Morgan fingerprint density at radius 2 is 2.21 bits per heavy atom. The van der Waals surface area contributed by atoms with Crippen molar-refractivity contribution in [3.63, 3.8) is 0 Å². The summed E-state index contributed by atoms with van der Waals surface area (Å²) >= 11 is 0. The van der Waals surface area contributed by atoms with Gasteiger partial charge in [-0.3, -0.25) is 9.69 Å². The van der Waals surface area contributed by atoms with E-state index in [4.69, 9.17) is 14.6 Å². The van der Waals surface area contributed by atoms with E-state index in [1.807, 2.05) is 36.1 Å². The molecule has 5 nitrogen and oxygen atoms in total. The molecule has 0 amide bonds. The van der Waals surface area contributed by atoms with Crippen molar-refractivity contribution in [1.82, 2.24) is 4.90 Å². The highest BCUT2D eigenvalue weighted by molar-refractivity contribution is 5.73. The summed E-state index contributed by atoms with van der Waals surface area (Å²) in [4.78, 5) is 13.0. The van der Waals surface area contributed by atoms with Gasteiger partial charge in [0.1, 0.15) is 18.4 Å². The van der Waals surface area contributed by atoms with Crippen molar-refractivity contribution in [2.45, 2.75) is 13.0 Å². The molecule has 2 rings (SSSR count). The number of morpholine rings is 1. The van der Waals surface area contributed by atoms with Gasteiger partial charge in [0.05, 0.1) is 13.2 Å². The van der Waals surface area contributed by atoms with E-state index in [1.54, 1.807) is 0 Å². The van der Waals surface area contributed by atoms with E-state index >= 15 is 0 Å². The summed E-state index contributed by atoms with van der Waals surface area (Å²) in [7, 11) is 0. The lowest BCUT2D eigenvalue weighted by molar-refractivity contribution is -0.149. The number of aryl methyl sites for hydroxylation is 1. The molecule has 5 heteroatoms. The number of hydrogen-bond acceptors (Lipinski definition) is 4. The SMILES string of the molecule is Cc1ccc(OCCN2CCOCC2C(=O)O)cc1. The number of benzene rings is 1. The number of carboxylic acid groups (broad SMARTS) is 1. The van der Waals surface area contributed by atoms with Gasteiger partial charge in [-0.25, -0.2) is 0 Å². The Bertz CT molecular complexity index is 418. The fourth-order valence-corrected chi connectivity index (χ4v) is 2.05. The van der Waals surface area contributed by atoms with Crippen LogP contribution in [0.3, 0.4) is 0 Å². The van der Waals surface area contributed by atoms with Gasteiger partial charge < -0.3 is 14.6 Å². The van der Waals surface area contributed by atoms with Gasteiger partial charge in [0, 0.05) is 13.1 Å². The largest absolute Gasteiger partial charge is 0.492 e. The van der Waals surface area contributed by atoms with Gasteiger partial charge in [0.2, 0.25) is 0 Å². The molecule has 1 atom stereocenters. The Kier molecular flexibility index (Phi) is 4.76. The van der Waals surface area contributed by atoms with Crippen molar-refractivity contribution in [2.75, 3.05) is 32.9 Å². The third-order valence-corrected chi connectivity index (χ3v) is 3.19. The zero-order chi connectivity index (χ0) is 13.7. The highest BCUT2D eigenvalue weighted by Gasteiger charge is 2.28. The first-order chi connectivity index (χ1) is 9.16. The van der Waals surface area contributed by atoms with E-state index in [9.17, 15) is 4.79 Å². The third kappa shape index (κ3) is 3.94. The summed E-state index contributed by atoms with van der Waals surface area (Å²) in [5, 5.41) is 9.09. The maximum Gasteiger partial charge on any atom is 0.323 e. The second-order valence-electron chi connectivity index (χ2n) is 4.63. The molecule has 1 fully saturated rings. The van der Waals surface area contributed by atoms with Gasteiger partial charge in [-0.1, -0.05) is 17.7 Å². The molecular formula is C14H19NO4. The van der Waals surface area contributed by atoms with Crippen molar-refractivity contribution < 1.29 is 19.4 Å². The molecule has 1 aromatic rings. The molecule has 0 spiro atoms. The van der Waals surface area contributed by atoms with Gasteiger partial charge in [-0.15, -0.1) is 0 Å². The van der Waals surface area contributed by atoms with Crippen molar-refractivity contribution in [3.8, 4) is 5.75 Å². The maximum absolute atomic E-state index is 11.1. The molecule has 0 radical (unpaired) electrons. The molecule has 104 valence electrons. The molecule has 1 aliphatic rings. The standard InChI is InChI=1S/C14H19NO4/c1-11-2-4-12(5-3-11)19-9-7-15-6-8-18-10-13(15)14(16)17/h2-5,13H,6-10H2,1H3,(H,16,17). The van der Waals surface area contributed by atoms with Crippen LogP contribution < -0.4 is 4.74 Å². The zero-order valence-corrected chi connectivity index (χ0v) is 11.0. The predicted molar refractivity (Wildman–Crippen MR) is 70.5 cm³/mol. The highest BCUT2D eigenvalue weighted by Crippen LogP contribution is 2.12. The van der Waals surface area contributed by atoms with Gasteiger partial charge in [-0.2, -0.15) is 0 Å². The van der Waals surface area contributed by atoms with Gasteiger partial charge in [-0.05, 0) is 19.1 Å². The van der Waals surface area contributed by atoms with E-state index in [-0.39, 0.29) is 6.61 Å². The number of nitrogens with zero attached hydrogens (tertiary/aromatic N) is 1. The molecule has 1 unspecified atom stereocenters. The minimum absolute atomic E-state index is 0.250. The summed E-state index contributed by atoms with van der Waals surface area (Å²) < 4.78 is 10.8. The number of aliphatic carboxylic acids is 1. The Morgan fingerprint density at radius 1 is 1.47 bits per heavy atom. The van der Waals surface area contributed by atoms with Crippen LogP contribution in [0.15, 0.2) is 24.3 Å². The summed E-state index contributed by atoms with van der Waals surface area (Å²) in [5.41, 5.74) is 1.19. The molecule has 0 saturated carbocycles. The summed E-state index contributed by atoms with van der Waals surface area (Å²) in [6.07, 6.45) is 0. The molecule has 1 N–H and O–H groups in total. The Hall–Kier alpha value is -1.59. The lowest BCUT2D eigenvalue weighted by Crippen LogP contribution is -2.51. The monoisotopic (exact) mass is 265 g/mol. The molecule has 1 saturated heterocycles. The Morgan fingerprint density at radius 3 is 2.89 bits per heavy atom. The van der Waals surface area contributed by atoms with Crippen molar-refractivity contribution in [1.29, 1.82) is 0 Å². The van der Waals surface area contributed by atoms with Crippen LogP contribution in [0.5, 0.6) is 5.75 Å². The lowest BCUT2D eigenvalue weighted by atomic mass is 10.2. The first-order valence-corrected chi connectivity index (χ1v) is 6.41. The van der Waals surface area contributed by atoms with Gasteiger partial charge in [0.15, 0.2) is 0 Å². The van der Waals surface area contributed by atoms with Crippen LogP contribution in [0.2, 0.25) is 0 Å². The van der Waals surface area contributed by atoms with Crippen LogP contribution in [-0.2, 0) is 9.53 Å². The normalized spacial score (nSPS) is 20.2. The fraction of sp³-hybridized carbons (Fsp3) is 0.500. The van der Waals surface area contributed by atoms with Crippen LogP contribution in [0.1, 0.15) is 5.56 Å². The fourth-order valence-electron chi connectivity index (χ4n) is 2.05. The van der Waals surface area contributed by atoms with E-state index < -0.39 is 12.0 Å². The second kappa shape index (κ2) is 6.54.